The number of halogens is 1. The molecule has 0 radical (unpaired) electrons. The molecule has 142 valence electrons. The minimum atomic E-state index is -0.315. The molecule has 0 saturated carbocycles. The first-order chi connectivity index (χ1) is 13.2. The Balaban J connectivity index is 1.45. The van der Waals surface area contributed by atoms with Crippen molar-refractivity contribution in [3.8, 4) is 17.2 Å². The molecule has 1 aliphatic heterocycles. The number of benzene rings is 2. The third kappa shape index (κ3) is 3.45. The van der Waals surface area contributed by atoms with Crippen LogP contribution >= 0.6 is 0 Å². The molecule has 0 amide bonds. The van der Waals surface area contributed by atoms with Gasteiger partial charge in [0.1, 0.15) is 0 Å². The fourth-order valence-corrected chi connectivity index (χ4v) is 3.50. The summed E-state index contributed by atoms with van der Waals surface area (Å²) >= 11 is 0. The maximum absolute atomic E-state index is 14.2. The van der Waals surface area contributed by atoms with E-state index in [9.17, 15) is 4.39 Å². The van der Waals surface area contributed by atoms with Crippen molar-refractivity contribution in [2.24, 2.45) is 7.05 Å². The van der Waals surface area contributed by atoms with E-state index in [1.54, 1.807) is 6.07 Å². The second kappa shape index (κ2) is 7.48. The predicted molar refractivity (Wildman–Crippen MR) is 102 cm³/mol. The zero-order valence-corrected chi connectivity index (χ0v) is 15.5. The van der Waals surface area contributed by atoms with Crippen molar-refractivity contribution in [2.45, 2.75) is 19.9 Å². The molecule has 0 unspecified atom stereocenters. The quantitative estimate of drug-likeness (QED) is 0.643. The van der Waals surface area contributed by atoms with Crippen LogP contribution in [0.1, 0.15) is 18.1 Å². The predicted octanol–water partition coefficient (Wildman–Crippen LogP) is 3.78. The monoisotopic (exact) mass is 370 g/mol. The molecule has 2 aromatic carbocycles. The number of nitrogens with zero attached hydrogens (tertiary/aromatic N) is 1. The Morgan fingerprint density at radius 2 is 2.04 bits per heavy atom. The Bertz CT molecular complexity index is 968. The molecule has 0 aliphatic carbocycles. The van der Waals surface area contributed by atoms with Gasteiger partial charge in [-0.2, -0.15) is 0 Å². The Morgan fingerprint density at radius 1 is 1.19 bits per heavy atom. The number of hydrogen-bond acceptors (Lipinski definition) is 4. The normalized spacial score (nSPS) is 12.7. The number of rotatable bonds is 7. The van der Waals surface area contributed by atoms with Gasteiger partial charge in [-0.25, -0.2) is 4.39 Å². The van der Waals surface area contributed by atoms with Gasteiger partial charge in [0.25, 0.3) is 0 Å². The average molecular weight is 370 g/mol. The van der Waals surface area contributed by atoms with Crippen LogP contribution in [0, 0.1) is 5.82 Å². The zero-order valence-electron chi connectivity index (χ0n) is 15.5. The van der Waals surface area contributed by atoms with Crippen molar-refractivity contribution in [1.82, 2.24) is 9.88 Å². The summed E-state index contributed by atoms with van der Waals surface area (Å²) in [5.74, 6) is 1.62. The number of ether oxygens (including phenoxy) is 3. The molecule has 2 heterocycles. The highest BCUT2D eigenvalue weighted by molar-refractivity contribution is 5.90. The van der Waals surface area contributed by atoms with Gasteiger partial charge < -0.3 is 24.1 Å². The topological polar surface area (TPSA) is 44.6 Å². The van der Waals surface area contributed by atoms with Crippen molar-refractivity contribution < 1.29 is 18.6 Å². The number of hydrogen-bond donors (Lipinski definition) is 1. The lowest BCUT2D eigenvalue weighted by atomic mass is 10.1. The van der Waals surface area contributed by atoms with Crippen molar-refractivity contribution >= 4 is 10.9 Å². The molecule has 1 N–H and O–H groups in total. The minimum absolute atomic E-state index is 0.284. The van der Waals surface area contributed by atoms with Gasteiger partial charge in [-0.1, -0.05) is 6.07 Å². The van der Waals surface area contributed by atoms with E-state index >= 15 is 0 Å². The minimum Gasteiger partial charge on any atom is -0.490 e. The van der Waals surface area contributed by atoms with E-state index in [1.807, 2.05) is 36.7 Å². The van der Waals surface area contributed by atoms with E-state index in [-0.39, 0.29) is 12.6 Å². The summed E-state index contributed by atoms with van der Waals surface area (Å²) in [5.41, 5.74) is 3.19. The van der Waals surface area contributed by atoms with E-state index in [0.29, 0.717) is 12.4 Å². The summed E-state index contributed by atoms with van der Waals surface area (Å²) in [4.78, 5) is 0. The molecule has 5 nitrogen and oxygen atoms in total. The molecule has 4 rings (SSSR count). The maximum atomic E-state index is 14.2. The van der Waals surface area contributed by atoms with Crippen molar-refractivity contribution in [3.63, 3.8) is 0 Å². The summed E-state index contributed by atoms with van der Waals surface area (Å²) in [7, 11) is 1.97. The molecular weight excluding hydrogens is 347 g/mol. The summed E-state index contributed by atoms with van der Waals surface area (Å²) in [5, 5.41) is 4.31. The second-order valence-corrected chi connectivity index (χ2v) is 6.58. The lowest BCUT2D eigenvalue weighted by molar-refractivity contribution is 0.174. The molecule has 1 aliphatic rings. The van der Waals surface area contributed by atoms with Gasteiger partial charge in [-0.05, 0) is 55.3 Å². The number of aryl methyl sites for hydroxylation is 1. The smallest absolute Gasteiger partial charge is 0.231 e. The van der Waals surface area contributed by atoms with Gasteiger partial charge in [0, 0.05) is 25.2 Å². The van der Waals surface area contributed by atoms with E-state index in [2.05, 4.69) is 11.5 Å². The largest absolute Gasteiger partial charge is 0.490 e. The highest BCUT2D eigenvalue weighted by atomic mass is 19.1. The van der Waals surface area contributed by atoms with Gasteiger partial charge in [-0.3, -0.25) is 0 Å². The Kier molecular flexibility index (Phi) is 4.90. The van der Waals surface area contributed by atoms with Gasteiger partial charge in [0.2, 0.25) is 6.79 Å². The number of fused-ring (bicyclic) bond motifs is 2. The molecule has 1 aromatic heterocycles. The molecule has 3 aromatic rings. The molecule has 0 atom stereocenters. The maximum Gasteiger partial charge on any atom is 0.231 e. The van der Waals surface area contributed by atoms with Crippen LogP contribution in [-0.4, -0.2) is 24.5 Å². The molecule has 0 spiro atoms. The fourth-order valence-electron chi connectivity index (χ4n) is 3.50. The molecule has 0 saturated heterocycles. The van der Waals surface area contributed by atoms with Crippen LogP contribution in [0.3, 0.4) is 0 Å². The van der Waals surface area contributed by atoms with E-state index < -0.39 is 0 Å². The first-order valence-electron chi connectivity index (χ1n) is 9.16. The lowest BCUT2D eigenvalue weighted by Gasteiger charge is -2.09. The molecular formula is C21H23FN2O3. The highest BCUT2D eigenvalue weighted by Crippen LogP contribution is 2.34. The van der Waals surface area contributed by atoms with Crippen molar-refractivity contribution in [1.29, 1.82) is 0 Å². The van der Waals surface area contributed by atoms with Crippen molar-refractivity contribution in [3.05, 3.63) is 53.5 Å². The SMILES string of the molecule is CCOc1c(F)ccc2c1c(CCNCc1ccc3c(c1)OCO3)cn2C. The first-order valence-corrected chi connectivity index (χ1v) is 9.16. The van der Waals surface area contributed by atoms with Gasteiger partial charge in [0.15, 0.2) is 23.1 Å². The van der Waals surface area contributed by atoms with Crippen LogP contribution in [-0.2, 0) is 20.0 Å². The van der Waals surface area contributed by atoms with Gasteiger partial charge >= 0.3 is 0 Å². The van der Waals surface area contributed by atoms with E-state index in [0.717, 1.165) is 53.0 Å². The molecule has 27 heavy (non-hydrogen) atoms. The Labute approximate surface area is 157 Å². The summed E-state index contributed by atoms with van der Waals surface area (Å²) in [6, 6.07) is 9.23. The highest BCUT2D eigenvalue weighted by Gasteiger charge is 2.16. The summed E-state index contributed by atoms with van der Waals surface area (Å²) in [6.45, 7) is 4.09. The number of nitrogens with one attached hydrogen (secondary N) is 1. The van der Waals surface area contributed by atoms with Crippen LogP contribution in [0.2, 0.25) is 0 Å². The molecule has 0 fully saturated rings. The third-order valence-corrected chi connectivity index (χ3v) is 4.76. The van der Waals surface area contributed by atoms with Crippen LogP contribution in [0.15, 0.2) is 36.5 Å². The standard InChI is InChI=1S/C21H23FN2O3/c1-3-25-21-16(22)5-6-17-20(21)15(12-24(17)2)8-9-23-11-14-4-7-18-19(10-14)27-13-26-18/h4-7,10,12,23H,3,8-9,11,13H2,1-2H3. The van der Waals surface area contributed by atoms with Crippen LogP contribution in [0.4, 0.5) is 4.39 Å². The first kappa shape index (κ1) is 17.7. The Hall–Kier alpha value is -2.73. The average Bonchev–Trinajstić information content (AvgIpc) is 3.25. The second-order valence-electron chi connectivity index (χ2n) is 6.58. The fraction of sp³-hybridized carbons (Fsp3) is 0.333. The summed E-state index contributed by atoms with van der Waals surface area (Å²) in [6.07, 6.45) is 2.83. The third-order valence-electron chi connectivity index (χ3n) is 4.76. The molecule has 0 bridgehead atoms. The van der Waals surface area contributed by atoms with Crippen LogP contribution in [0.5, 0.6) is 17.2 Å². The Morgan fingerprint density at radius 3 is 2.89 bits per heavy atom. The summed E-state index contributed by atoms with van der Waals surface area (Å²) < 4.78 is 32.6. The van der Waals surface area contributed by atoms with Gasteiger partial charge in [0.05, 0.1) is 12.1 Å². The zero-order chi connectivity index (χ0) is 18.8. The van der Waals surface area contributed by atoms with E-state index in [4.69, 9.17) is 14.2 Å². The van der Waals surface area contributed by atoms with Crippen molar-refractivity contribution in [2.75, 3.05) is 19.9 Å². The number of aromatic nitrogens is 1. The van der Waals surface area contributed by atoms with Gasteiger partial charge in [-0.15, -0.1) is 0 Å². The van der Waals surface area contributed by atoms with E-state index in [1.165, 1.54) is 6.07 Å². The van der Waals surface area contributed by atoms with Crippen LogP contribution < -0.4 is 19.5 Å². The molecule has 6 heteroatoms. The lowest BCUT2D eigenvalue weighted by Crippen LogP contribution is -2.16. The van der Waals surface area contributed by atoms with Crippen LogP contribution in [0.25, 0.3) is 10.9 Å².